The Morgan fingerprint density at radius 3 is 2.80 bits per heavy atom. The van der Waals surface area contributed by atoms with Crippen molar-refractivity contribution in [3.05, 3.63) is 18.0 Å². The molecule has 0 atom stereocenters. The van der Waals surface area contributed by atoms with Crippen LogP contribution in [-0.4, -0.2) is 34.8 Å². The van der Waals surface area contributed by atoms with Crippen LogP contribution in [0.3, 0.4) is 0 Å². The van der Waals surface area contributed by atoms with E-state index < -0.39 is 0 Å². The summed E-state index contributed by atoms with van der Waals surface area (Å²) in [7, 11) is 2.18. The first kappa shape index (κ1) is 15.5. The van der Waals surface area contributed by atoms with Crippen LogP contribution < -0.4 is 5.73 Å². The van der Waals surface area contributed by atoms with Gasteiger partial charge in [0.15, 0.2) is 0 Å². The molecule has 0 spiro atoms. The lowest BCUT2D eigenvalue weighted by atomic mass is 9.96. The Morgan fingerprint density at radius 2 is 2.05 bits per heavy atom. The molecule has 1 heterocycles. The average molecular weight is 278 g/mol. The van der Waals surface area contributed by atoms with Crippen LogP contribution in [-0.2, 0) is 6.54 Å². The molecule has 4 heteroatoms. The fourth-order valence-corrected chi connectivity index (χ4v) is 3.07. The zero-order valence-electron chi connectivity index (χ0n) is 12.9. The van der Waals surface area contributed by atoms with E-state index in [9.17, 15) is 0 Å². The van der Waals surface area contributed by atoms with Crippen LogP contribution in [0.4, 0.5) is 0 Å². The van der Waals surface area contributed by atoms with Gasteiger partial charge in [0, 0.05) is 12.7 Å². The van der Waals surface area contributed by atoms with Crippen molar-refractivity contribution in [1.29, 1.82) is 0 Å². The molecule has 20 heavy (non-hydrogen) atoms. The normalized spacial score (nSPS) is 16.9. The molecule has 1 saturated carbocycles. The van der Waals surface area contributed by atoms with Gasteiger partial charge in [0.25, 0.3) is 0 Å². The zero-order chi connectivity index (χ0) is 14.2. The van der Waals surface area contributed by atoms with Gasteiger partial charge in [-0.3, -0.25) is 4.68 Å². The van der Waals surface area contributed by atoms with Crippen LogP contribution in [0.5, 0.6) is 0 Å². The molecule has 114 valence electrons. The Morgan fingerprint density at radius 1 is 1.25 bits per heavy atom. The summed E-state index contributed by atoms with van der Waals surface area (Å²) >= 11 is 0. The van der Waals surface area contributed by atoms with E-state index in [1.165, 1.54) is 50.6 Å². The Kier molecular flexibility index (Phi) is 6.54. The van der Waals surface area contributed by atoms with Gasteiger partial charge >= 0.3 is 0 Å². The molecule has 0 bridgehead atoms. The van der Waals surface area contributed by atoms with Crippen LogP contribution in [0.1, 0.15) is 63.1 Å². The molecule has 0 aromatic carbocycles. The molecule has 0 unspecified atom stereocenters. The molecule has 4 nitrogen and oxygen atoms in total. The van der Waals surface area contributed by atoms with Crippen molar-refractivity contribution in [2.75, 3.05) is 20.1 Å². The lowest BCUT2D eigenvalue weighted by molar-refractivity contribution is 0.302. The van der Waals surface area contributed by atoms with E-state index in [0.717, 1.165) is 26.1 Å². The minimum absolute atomic E-state index is 0.646. The number of unbranched alkanes of at least 4 members (excludes halogenated alkanes) is 2. The summed E-state index contributed by atoms with van der Waals surface area (Å²) in [5.41, 5.74) is 6.72. The predicted molar refractivity (Wildman–Crippen MR) is 83.6 cm³/mol. The van der Waals surface area contributed by atoms with Crippen LogP contribution >= 0.6 is 0 Å². The van der Waals surface area contributed by atoms with Crippen LogP contribution in [0.2, 0.25) is 0 Å². The standard InChI is InChI=1S/C16H30N4/c1-19(12-7-3-6-11-17)14-15-10-13-20(18-15)16-8-4-2-5-9-16/h10,13,16H,2-9,11-12,14,17H2,1H3. The van der Waals surface area contributed by atoms with E-state index in [1.54, 1.807) is 0 Å². The third kappa shape index (κ3) is 4.91. The Bertz CT molecular complexity index is 368. The topological polar surface area (TPSA) is 47.1 Å². The van der Waals surface area contributed by atoms with Gasteiger partial charge in [-0.15, -0.1) is 0 Å². The monoisotopic (exact) mass is 278 g/mol. The van der Waals surface area contributed by atoms with Gasteiger partial charge in [-0.05, 0) is 51.9 Å². The largest absolute Gasteiger partial charge is 0.330 e. The highest BCUT2D eigenvalue weighted by molar-refractivity contribution is 4.99. The number of nitrogens with zero attached hydrogens (tertiary/aromatic N) is 3. The van der Waals surface area contributed by atoms with Crippen molar-refractivity contribution in [2.24, 2.45) is 5.73 Å². The summed E-state index contributed by atoms with van der Waals surface area (Å²) in [5, 5.41) is 4.77. The van der Waals surface area contributed by atoms with Crippen molar-refractivity contribution < 1.29 is 0 Å². The second-order valence-corrected chi connectivity index (χ2v) is 6.17. The summed E-state index contributed by atoms with van der Waals surface area (Å²) in [6.07, 6.45) is 12.5. The first-order valence-electron chi connectivity index (χ1n) is 8.22. The fraction of sp³-hybridized carbons (Fsp3) is 0.812. The summed E-state index contributed by atoms with van der Waals surface area (Å²) in [6, 6.07) is 2.83. The molecule has 2 N–H and O–H groups in total. The molecule has 0 aliphatic heterocycles. The van der Waals surface area contributed by atoms with Crippen LogP contribution in [0.15, 0.2) is 12.3 Å². The zero-order valence-corrected chi connectivity index (χ0v) is 12.9. The van der Waals surface area contributed by atoms with Gasteiger partial charge in [-0.1, -0.05) is 25.7 Å². The maximum Gasteiger partial charge on any atom is 0.0764 e. The Balaban J connectivity index is 1.74. The Labute approximate surface area is 123 Å². The summed E-state index contributed by atoms with van der Waals surface area (Å²) < 4.78 is 2.21. The van der Waals surface area contributed by atoms with Crippen LogP contribution in [0.25, 0.3) is 0 Å². The molecule has 1 aromatic rings. The smallest absolute Gasteiger partial charge is 0.0764 e. The molecular weight excluding hydrogens is 248 g/mol. The van der Waals surface area contributed by atoms with Crippen molar-refractivity contribution in [1.82, 2.24) is 14.7 Å². The molecule has 1 aliphatic rings. The maximum absolute atomic E-state index is 5.52. The van der Waals surface area contributed by atoms with Gasteiger partial charge in [0.2, 0.25) is 0 Å². The molecule has 0 radical (unpaired) electrons. The molecular formula is C16H30N4. The van der Waals surface area contributed by atoms with Crippen LogP contribution in [0, 0.1) is 0 Å². The van der Waals surface area contributed by atoms with E-state index in [0.29, 0.717) is 6.04 Å². The molecule has 2 rings (SSSR count). The van der Waals surface area contributed by atoms with E-state index in [-0.39, 0.29) is 0 Å². The quantitative estimate of drug-likeness (QED) is 0.744. The lowest BCUT2D eigenvalue weighted by Gasteiger charge is -2.22. The van der Waals surface area contributed by atoms with Gasteiger partial charge in [0.05, 0.1) is 11.7 Å². The SMILES string of the molecule is CN(CCCCCN)Cc1ccn(C2CCCCC2)n1. The van der Waals surface area contributed by atoms with Gasteiger partial charge in [-0.2, -0.15) is 5.10 Å². The van der Waals surface area contributed by atoms with E-state index in [1.807, 2.05) is 0 Å². The third-order valence-electron chi connectivity index (χ3n) is 4.29. The molecule has 0 amide bonds. The second kappa shape index (κ2) is 8.42. The van der Waals surface area contributed by atoms with E-state index >= 15 is 0 Å². The predicted octanol–water partition coefficient (Wildman–Crippen LogP) is 2.95. The van der Waals surface area contributed by atoms with Gasteiger partial charge in [-0.25, -0.2) is 0 Å². The Hall–Kier alpha value is -0.870. The first-order chi connectivity index (χ1) is 9.79. The second-order valence-electron chi connectivity index (χ2n) is 6.17. The van der Waals surface area contributed by atoms with Crippen molar-refractivity contribution >= 4 is 0 Å². The fourth-order valence-electron chi connectivity index (χ4n) is 3.07. The van der Waals surface area contributed by atoms with Crippen molar-refractivity contribution in [3.63, 3.8) is 0 Å². The number of aromatic nitrogens is 2. The maximum atomic E-state index is 5.52. The van der Waals surface area contributed by atoms with Crippen molar-refractivity contribution in [3.8, 4) is 0 Å². The number of hydrogen-bond acceptors (Lipinski definition) is 3. The summed E-state index contributed by atoms with van der Waals surface area (Å²) in [4.78, 5) is 2.37. The highest BCUT2D eigenvalue weighted by Crippen LogP contribution is 2.27. The van der Waals surface area contributed by atoms with Crippen molar-refractivity contribution in [2.45, 2.75) is 64.0 Å². The molecule has 1 aliphatic carbocycles. The summed E-state index contributed by atoms with van der Waals surface area (Å²) in [5.74, 6) is 0. The minimum atomic E-state index is 0.646. The van der Waals surface area contributed by atoms with Gasteiger partial charge in [0.1, 0.15) is 0 Å². The average Bonchev–Trinajstić information content (AvgIpc) is 2.93. The number of rotatable bonds is 8. The lowest BCUT2D eigenvalue weighted by Crippen LogP contribution is -2.20. The highest BCUT2D eigenvalue weighted by Gasteiger charge is 2.16. The first-order valence-corrected chi connectivity index (χ1v) is 8.22. The summed E-state index contributed by atoms with van der Waals surface area (Å²) in [6.45, 7) is 2.91. The van der Waals surface area contributed by atoms with Gasteiger partial charge < -0.3 is 10.6 Å². The number of hydrogen-bond donors (Lipinski definition) is 1. The third-order valence-corrected chi connectivity index (χ3v) is 4.29. The molecule has 0 saturated heterocycles. The van der Waals surface area contributed by atoms with E-state index in [4.69, 9.17) is 10.8 Å². The van der Waals surface area contributed by atoms with E-state index in [2.05, 4.69) is 28.9 Å². The highest BCUT2D eigenvalue weighted by atomic mass is 15.3. The minimum Gasteiger partial charge on any atom is -0.330 e. The number of nitrogens with two attached hydrogens (primary N) is 1. The molecule has 1 aromatic heterocycles. The molecule has 1 fully saturated rings.